The second kappa shape index (κ2) is 7.40. The number of carbonyl (C=O) groups excluding carboxylic acids is 2. The number of carbonyl (C=O) groups is 2. The Morgan fingerprint density at radius 3 is 2.57 bits per heavy atom. The first-order chi connectivity index (χ1) is 11.0. The molecule has 124 valence electrons. The Balaban J connectivity index is 2.16. The summed E-state index contributed by atoms with van der Waals surface area (Å²) < 4.78 is 1.64. The van der Waals surface area contributed by atoms with Crippen LogP contribution in [0.1, 0.15) is 23.9 Å². The molecule has 23 heavy (non-hydrogen) atoms. The van der Waals surface area contributed by atoms with Crippen LogP contribution in [0.5, 0.6) is 0 Å². The quantitative estimate of drug-likeness (QED) is 0.734. The lowest BCUT2D eigenvalue weighted by Crippen LogP contribution is -2.37. The molecule has 0 bridgehead atoms. The average Bonchev–Trinajstić information content (AvgIpc) is 2.93. The zero-order chi connectivity index (χ0) is 17.0. The van der Waals surface area contributed by atoms with Crippen molar-refractivity contribution < 1.29 is 9.59 Å². The molecular weight excluding hydrogens is 316 g/mol. The summed E-state index contributed by atoms with van der Waals surface area (Å²) in [7, 11) is 0. The molecule has 0 spiro atoms. The molecule has 0 aliphatic carbocycles. The molecule has 8 nitrogen and oxygen atoms in total. The second-order valence-electron chi connectivity index (χ2n) is 4.98. The van der Waals surface area contributed by atoms with Crippen LogP contribution < -0.4 is 10.6 Å². The van der Waals surface area contributed by atoms with Crippen molar-refractivity contribution in [2.24, 2.45) is 0 Å². The van der Waals surface area contributed by atoms with Gasteiger partial charge in [-0.05, 0) is 27.0 Å². The first kappa shape index (κ1) is 17.2. The number of amides is 2. The summed E-state index contributed by atoms with van der Waals surface area (Å²) in [6.07, 6.45) is 2.04. The van der Waals surface area contributed by atoms with Gasteiger partial charge in [0, 0.05) is 23.5 Å². The Morgan fingerprint density at radius 2 is 1.91 bits per heavy atom. The van der Waals surface area contributed by atoms with Crippen molar-refractivity contribution in [3.63, 3.8) is 0 Å². The molecule has 0 unspecified atom stereocenters. The van der Waals surface area contributed by atoms with Crippen LogP contribution >= 0.6 is 11.8 Å². The highest BCUT2D eigenvalue weighted by molar-refractivity contribution is 7.98. The smallest absolute Gasteiger partial charge is 0.253 e. The lowest BCUT2D eigenvalue weighted by Gasteiger charge is -2.10. The van der Waals surface area contributed by atoms with E-state index >= 15 is 0 Å². The van der Waals surface area contributed by atoms with Crippen molar-refractivity contribution in [3.8, 4) is 0 Å². The van der Waals surface area contributed by atoms with Crippen molar-refractivity contribution in [1.82, 2.24) is 30.2 Å². The van der Waals surface area contributed by atoms with Gasteiger partial charge >= 0.3 is 0 Å². The van der Waals surface area contributed by atoms with Gasteiger partial charge in [0.05, 0.1) is 13.0 Å². The third-order valence-corrected chi connectivity index (χ3v) is 3.91. The molecule has 2 aromatic heterocycles. The Kier molecular flexibility index (Phi) is 5.54. The number of hydrogen-bond donors (Lipinski definition) is 2. The first-order valence-corrected chi connectivity index (χ1v) is 8.49. The SMILES string of the molecule is CCNC(=O)CNC(=O)Cc1c(C)nc2nc(SC)nn2c1C. The molecule has 9 heteroatoms. The number of thioether (sulfide) groups is 1. The molecule has 0 aromatic carbocycles. The largest absolute Gasteiger partial charge is 0.355 e. The second-order valence-corrected chi connectivity index (χ2v) is 5.75. The van der Waals surface area contributed by atoms with E-state index in [1.165, 1.54) is 11.8 Å². The predicted octanol–water partition coefficient (Wildman–Crippen LogP) is 0.258. The molecule has 0 aliphatic heterocycles. The van der Waals surface area contributed by atoms with Crippen molar-refractivity contribution in [2.75, 3.05) is 19.3 Å². The summed E-state index contributed by atoms with van der Waals surface area (Å²) >= 11 is 1.44. The van der Waals surface area contributed by atoms with E-state index in [0.717, 1.165) is 17.0 Å². The monoisotopic (exact) mass is 336 g/mol. The minimum atomic E-state index is -0.228. The molecule has 2 heterocycles. The molecule has 0 fully saturated rings. The van der Waals surface area contributed by atoms with Crippen molar-refractivity contribution >= 4 is 29.4 Å². The highest BCUT2D eigenvalue weighted by Gasteiger charge is 2.16. The van der Waals surface area contributed by atoms with Gasteiger partial charge in [-0.25, -0.2) is 9.50 Å². The molecule has 2 N–H and O–H groups in total. The van der Waals surface area contributed by atoms with E-state index < -0.39 is 0 Å². The summed E-state index contributed by atoms with van der Waals surface area (Å²) in [5.74, 6) is 0.0911. The summed E-state index contributed by atoms with van der Waals surface area (Å²) in [4.78, 5) is 32.1. The fourth-order valence-corrected chi connectivity index (χ4v) is 2.53. The fourth-order valence-electron chi connectivity index (χ4n) is 2.19. The molecule has 2 rings (SSSR count). The van der Waals surface area contributed by atoms with E-state index in [4.69, 9.17) is 0 Å². The topological polar surface area (TPSA) is 101 Å². The zero-order valence-corrected chi connectivity index (χ0v) is 14.5. The van der Waals surface area contributed by atoms with Crippen LogP contribution in [0.15, 0.2) is 5.16 Å². The summed E-state index contributed by atoms with van der Waals surface area (Å²) in [6.45, 7) is 6.06. The average molecular weight is 336 g/mol. The number of aromatic nitrogens is 4. The van der Waals surface area contributed by atoms with Gasteiger partial charge in [-0.2, -0.15) is 4.98 Å². The molecule has 0 atom stereocenters. The Morgan fingerprint density at radius 1 is 1.17 bits per heavy atom. The van der Waals surface area contributed by atoms with Gasteiger partial charge < -0.3 is 10.6 Å². The molecular formula is C14H20N6O2S. The van der Waals surface area contributed by atoms with Crippen LogP contribution in [-0.2, 0) is 16.0 Å². The number of rotatable bonds is 6. The number of fused-ring (bicyclic) bond motifs is 1. The van der Waals surface area contributed by atoms with E-state index in [2.05, 4.69) is 25.7 Å². The van der Waals surface area contributed by atoms with E-state index in [9.17, 15) is 9.59 Å². The minimum absolute atomic E-state index is 0.0274. The van der Waals surface area contributed by atoms with Gasteiger partial charge in [-0.1, -0.05) is 11.8 Å². The van der Waals surface area contributed by atoms with Crippen LogP contribution in [0.2, 0.25) is 0 Å². The van der Waals surface area contributed by atoms with Crippen LogP contribution in [0, 0.1) is 13.8 Å². The lowest BCUT2D eigenvalue weighted by atomic mass is 10.1. The standard InChI is InChI=1S/C14H20N6O2S/c1-5-15-12(22)7-16-11(21)6-10-8(2)17-13-18-14(23-4)19-20(13)9(10)3/h5-7H2,1-4H3,(H,15,22)(H,16,21). The Bertz CT molecular complexity index is 742. The summed E-state index contributed by atoms with van der Waals surface area (Å²) in [6, 6.07) is 0. The van der Waals surface area contributed by atoms with Gasteiger partial charge in [-0.3, -0.25) is 9.59 Å². The number of nitrogens with zero attached hydrogens (tertiary/aromatic N) is 4. The highest BCUT2D eigenvalue weighted by Crippen LogP contribution is 2.17. The molecule has 0 saturated heterocycles. The fraction of sp³-hybridized carbons (Fsp3) is 0.500. The number of aryl methyl sites for hydroxylation is 2. The number of nitrogens with one attached hydrogen (secondary N) is 2. The molecule has 0 saturated carbocycles. The van der Waals surface area contributed by atoms with Gasteiger partial charge in [0.2, 0.25) is 17.0 Å². The maximum atomic E-state index is 12.1. The summed E-state index contributed by atoms with van der Waals surface area (Å²) in [5.41, 5.74) is 2.36. The van der Waals surface area contributed by atoms with Gasteiger partial charge in [0.15, 0.2) is 0 Å². The molecule has 0 aliphatic rings. The first-order valence-electron chi connectivity index (χ1n) is 7.26. The van der Waals surface area contributed by atoms with Gasteiger partial charge in [-0.15, -0.1) is 5.10 Å². The lowest BCUT2D eigenvalue weighted by molar-refractivity contribution is -0.125. The van der Waals surface area contributed by atoms with E-state index in [1.54, 1.807) is 4.52 Å². The van der Waals surface area contributed by atoms with E-state index in [0.29, 0.717) is 17.5 Å². The maximum Gasteiger partial charge on any atom is 0.253 e. The third kappa shape index (κ3) is 3.98. The Hall–Kier alpha value is -2.16. The molecule has 2 aromatic rings. The third-order valence-electron chi connectivity index (χ3n) is 3.37. The van der Waals surface area contributed by atoms with Crippen molar-refractivity contribution in [1.29, 1.82) is 0 Å². The van der Waals surface area contributed by atoms with Crippen LogP contribution in [0.25, 0.3) is 5.78 Å². The van der Waals surface area contributed by atoms with Gasteiger partial charge in [0.1, 0.15) is 0 Å². The highest BCUT2D eigenvalue weighted by atomic mass is 32.2. The van der Waals surface area contributed by atoms with Crippen LogP contribution in [0.4, 0.5) is 0 Å². The van der Waals surface area contributed by atoms with Crippen molar-refractivity contribution in [3.05, 3.63) is 17.0 Å². The number of likely N-dealkylation sites (N-methyl/N-ethyl adjacent to an activating group) is 1. The Labute approximate surface area is 138 Å². The molecule has 0 radical (unpaired) electrons. The van der Waals surface area contributed by atoms with Crippen molar-refractivity contribution in [2.45, 2.75) is 32.3 Å². The summed E-state index contributed by atoms with van der Waals surface area (Å²) in [5, 5.41) is 10.2. The van der Waals surface area contributed by atoms with Crippen LogP contribution in [-0.4, -0.2) is 50.7 Å². The maximum absolute atomic E-state index is 12.1. The zero-order valence-electron chi connectivity index (χ0n) is 13.6. The number of hydrogen-bond acceptors (Lipinski definition) is 6. The molecule has 2 amide bonds. The van der Waals surface area contributed by atoms with E-state index in [1.807, 2.05) is 27.0 Å². The van der Waals surface area contributed by atoms with Crippen LogP contribution in [0.3, 0.4) is 0 Å². The normalized spacial score (nSPS) is 10.8. The predicted molar refractivity (Wildman–Crippen MR) is 87.4 cm³/mol. The van der Waals surface area contributed by atoms with Gasteiger partial charge in [0.25, 0.3) is 5.78 Å². The van der Waals surface area contributed by atoms with E-state index in [-0.39, 0.29) is 24.8 Å². The minimum Gasteiger partial charge on any atom is -0.355 e.